The molecule has 0 saturated heterocycles. The molecule has 142 valence electrons. The Kier molecular flexibility index (Phi) is 5.05. The third-order valence-electron chi connectivity index (χ3n) is 4.26. The van der Waals surface area contributed by atoms with Crippen molar-refractivity contribution in [1.29, 1.82) is 0 Å². The lowest BCUT2D eigenvalue weighted by atomic mass is 10.1. The van der Waals surface area contributed by atoms with Gasteiger partial charge >= 0.3 is 0 Å². The molecule has 1 amide bonds. The summed E-state index contributed by atoms with van der Waals surface area (Å²) in [6.07, 6.45) is 0.808. The average Bonchev–Trinajstić information content (AvgIpc) is 2.95. The monoisotopic (exact) mass is 377 g/mol. The molecule has 7 heteroatoms. The molecule has 0 radical (unpaired) electrons. The summed E-state index contributed by atoms with van der Waals surface area (Å²) >= 11 is 0. The maximum Gasteiger partial charge on any atom is 0.267 e. The summed E-state index contributed by atoms with van der Waals surface area (Å²) in [4.78, 5) is 24.5. The quantitative estimate of drug-likeness (QED) is 0.756. The van der Waals surface area contributed by atoms with Crippen molar-refractivity contribution in [1.82, 2.24) is 9.78 Å². The SMILES string of the molecule is O=C(Cn1nc(-c2ccccc2)ccc1=O)Nc1ccc2c(c1)OCCCO2. The van der Waals surface area contributed by atoms with Crippen molar-refractivity contribution >= 4 is 11.6 Å². The second-order valence-corrected chi connectivity index (χ2v) is 6.34. The maximum absolute atomic E-state index is 12.4. The number of amides is 1. The van der Waals surface area contributed by atoms with E-state index in [1.165, 1.54) is 6.07 Å². The Morgan fingerprint density at radius 2 is 1.79 bits per heavy atom. The first kappa shape index (κ1) is 17.8. The minimum Gasteiger partial charge on any atom is -0.490 e. The van der Waals surface area contributed by atoms with Crippen LogP contribution in [0.25, 0.3) is 11.3 Å². The lowest BCUT2D eigenvalue weighted by Gasteiger charge is -2.11. The maximum atomic E-state index is 12.4. The minimum absolute atomic E-state index is 0.187. The van der Waals surface area contributed by atoms with Crippen molar-refractivity contribution < 1.29 is 14.3 Å². The van der Waals surface area contributed by atoms with Crippen LogP contribution in [0.5, 0.6) is 11.5 Å². The zero-order valence-electron chi connectivity index (χ0n) is 15.1. The van der Waals surface area contributed by atoms with E-state index in [1.807, 2.05) is 30.3 Å². The Labute approximate surface area is 161 Å². The summed E-state index contributed by atoms with van der Waals surface area (Å²) in [5, 5.41) is 7.08. The Morgan fingerprint density at radius 1 is 1.00 bits per heavy atom. The number of rotatable bonds is 4. The van der Waals surface area contributed by atoms with E-state index in [0.717, 1.165) is 16.7 Å². The largest absolute Gasteiger partial charge is 0.490 e. The molecule has 0 saturated carbocycles. The van der Waals surface area contributed by atoms with Crippen molar-refractivity contribution in [3.63, 3.8) is 0 Å². The molecular formula is C21H19N3O4. The highest BCUT2D eigenvalue weighted by molar-refractivity contribution is 5.90. The second-order valence-electron chi connectivity index (χ2n) is 6.34. The topological polar surface area (TPSA) is 82.5 Å². The summed E-state index contributed by atoms with van der Waals surface area (Å²) < 4.78 is 12.4. The second kappa shape index (κ2) is 7.96. The number of anilines is 1. The number of aromatic nitrogens is 2. The fourth-order valence-electron chi connectivity index (χ4n) is 2.90. The van der Waals surface area contributed by atoms with Crippen LogP contribution in [-0.2, 0) is 11.3 Å². The van der Waals surface area contributed by atoms with Crippen LogP contribution >= 0.6 is 0 Å². The van der Waals surface area contributed by atoms with Gasteiger partial charge < -0.3 is 14.8 Å². The molecule has 1 aliphatic rings. The van der Waals surface area contributed by atoms with Gasteiger partial charge in [-0.2, -0.15) is 5.10 Å². The van der Waals surface area contributed by atoms with E-state index in [1.54, 1.807) is 24.3 Å². The smallest absolute Gasteiger partial charge is 0.267 e. The number of nitrogens with one attached hydrogen (secondary N) is 1. The first-order valence-electron chi connectivity index (χ1n) is 9.02. The first-order chi connectivity index (χ1) is 13.7. The molecule has 1 aromatic heterocycles. The van der Waals surface area contributed by atoms with Crippen molar-refractivity contribution in [2.45, 2.75) is 13.0 Å². The van der Waals surface area contributed by atoms with Crippen molar-refractivity contribution in [3.8, 4) is 22.8 Å². The fraction of sp³-hybridized carbons (Fsp3) is 0.190. The van der Waals surface area contributed by atoms with Crippen LogP contribution in [0.1, 0.15) is 6.42 Å². The number of benzene rings is 2. The van der Waals surface area contributed by atoms with Crippen LogP contribution in [0.3, 0.4) is 0 Å². The highest BCUT2D eigenvalue weighted by atomic mass is 16.5. The number of nitrogens with zero attached hydrogens (tertiary/aromatic N) is 2. The Morgan fingerprint density at radius 3 is 2.61 bits per heavy atom. The molecule has 0 fully saturated rings. The van der Waals surface area contributed by atoms with E-state index in [-0.39, 0.29) is 18.0 Å². The zero-order chi connectivity index (χ0) is 19.3. The molecule has 3 aromatic rings. The molecule has 1 N–H and O–H groups in total. The third kappa shape index (κ3) is 4.03. The summed E-state index contributed by atoms with van der Waals surface area (Å²) in [5.74, 6) is 0.898. The summed E-state index contributed by atoms with van der Waals surface area (Å²) in [6, 6.07) is 17.8. The lowest BCUT2D eigenvalue weighted by molar-refractivity contribution is -0.117. The molecule has 0 aliphatic carbocycles. The van der Waals surface area contributed by atoms with Crippen molar-refractivity contribution in [2.75, 3.05) is 18.5 Å². The summed E-state index contributed by atoms with van der Waals surface area (Å²) in [5.41, 5.74) is 1.73. The highest BCUT2D eigenvalue weighted by Crippen LogP contribution is 2.32. The molecule has 0 unspecified atom stereocenters. The molecule has 2 heterocycles. The van der Waals surface area contributed by atoms with Gasteiger partial charge in [-0.1, -0.05) is 30.3 Å². The van der Waals surface area contributed by atoms with Crippen LogP contribution in [0.15, 0.2) is 65.5 Å². The van der Waals surface area contributed by atoms with Gasteiger partial charge in [0, 0.05) is 29.8 Å². The van der Waals surface area contributed by atoms with Gasteiger partial charge in [-0.3, -0.25) is 9.59 Å². The number of hydrogen-bond acceptors (Lipinski definition) is 5. The van der Waals surface area contributed by atoms with Crippen LogP contribution in [0, 0.1) is 0 Å². The molecule has 28 heavy (non-hydrogen) atoms. The molecule has 0 bridgehead atoms. The van der Waals surface area contributed by atoms with Gasteiger partial charge in [0.1, 0.15) is 6.54 Å². The predicted octanol–water partition coefficient (Wildman–Crippen LogP) is 2.71. The molecule has 2 aromatic carbocycles. The first-order valence-corrected chi connectivity index (χ1v) is 9.02. The standard InChI is InChI=1S/C21H19N3O4/c25-20(22-16-7-9-18-19(13-16)28-12-4-11-27-18)14-24-21(26)10-8-17(23-24)15-5-2-1-3-6-15/h1-3,5-10,13H,4,11-12,14H2,(H,22,25). The van der Waals surface area contributed by atoms with Crippen molar-refractivity contribution in [2.24, 2.45) is 0 Å². The van der Waals surface area contributed by atoms with E-state index in [0.29, 0.717) is 36.1 Å². The van der Waals surface area contributed by atoms with Gasteiger partial charge in [0.2, 0.25) is 5.91 Å². The number of fused-ring (bicyclic) bond motifs is 1. The van der Waals surface area contributed by atoms with Gasteiger partial charge in [-0.15, -0.1) is 0 Å². The van der Waals surface area contributed by atoms with Crippen molar-refractivity contribution in [3.05, 3.63) is 71.0 Å². The van der Waals surface area contributed by atoms with Crippen LogP contribution in [0.4, 0.5) is 5.69 Å². The zero-order valence-corrected chi connectivity index (χ0v) is 15.1. The summed E-state index contributed by atoms with van der Waals surface area (Å²) in [7, 11) is 0. The molecule has 7 nitrogen and oxygen atoms in total. The Bertz CT molecular complexity index is 1050. The third-order valence-corrected chi connectivity index (χ3v) is 4.26. The Hall–Kier alpha value is -3.61. The fourth-order valence-corrected chi connectivity index (χ4v) is 2.90. The van der Waals surface area contributed by atoms with Gasteiger partial charge in [0.25, 0.3) is 5.56 Å². The van der Waals surface area contributed by atoms with Crippen LogP contribution < -0.4 is 20.3 Å². The van der Waals surface area contributed by atoms with E-state index in [2.05, 4.69) is 10.4 Å². The van der Waals surface area contributed by atoms with Gasteiger partial charge in [0.05, 0.1) is 18.9 Å². The number of ether oxygens (including phenoxy) is 2. The summed E-state index contributed by atoms with van der Waals surface area (Å²) in [6.45, 7) is 0.981. The molecule has 0 atom stereocenters. The highest BCUT2D eigenvalue weighted by Gasteiger charge is 2.13. The Balaban J connectivity index is 1.50. The van der Waals surface area contributed by atoms with Crippen LogP contribution in [0.2, 0.25) is 0 Å². The van der Waals surface area contributed by atoms with Crippen LogP contribution in [-0.4, -0.2) is 28.9 Å². The van der Waals surface area contributed by atoms with Gasteiger partial charge in [-0.25, -0.2) is 4.68 Å². The molecule has 1 aliphatic heterocycles. The molecule has 4 rings (SSSR count). The van der Waals surface area contributed by atoms with E-state index >= 15 is 0 Å². The average molecular weight is 377 g/mol. The lowest BCUT2D eigenvalue weighted by Crippen LogP contribution is -2.29. The van der Waals surface area contributed by atoms with E-state index in [9.17, 15) is 9.59 Å². The van der Waals surface area contributed by atoms with Gasteiger partial charge in [-0.05, 0) is 18.2 Å². The molecule has 0 spiro atoms. The van der Waals surface area contributed by atoms with E-state index in [4.69, 9.17) is 9.47 Å². The number of hydrogen-bond donors (Lipinski definition) is 1. The number of carbonyl (C=O) groups excluding carboxylic acids is 1. The van der Waals surface area contributed by atoms with E-state index < -0.39 is 0 Å². The normalized spacial score (nSPS) is 12.9. The predicted molar refractivity (Wildman–Crippen MR) is 105 cm³/mol. The molecular weight excluding hydrogens is 358 g/mol. The number of carbonyl (C=O) groups is 1. The minimum atomic E-state index is -0.352. The van der Waals surface area contributed by atoms with Gasteiger partial charge in [0.15, 0.2) is 11.5 Å².